The van der Waals surface area contributed by atoms with Crippen molar-refractivity contribution in [3.05, 3.63) is 58.9 Å². The van der Waals surface area contributed by atoms with Crippen molar-refractivity contribution in [1.82, 2.24) is 20.2 Å². The van der Waals surface area contributed by atoms with Gasteiger partial charge in [0.1, 0.15) is 5.82 Å². The maximum atomic E-state index is 13.9. The fraction of sp³-hybridized carbons (Fsp3) is 0.125. The van der Waals surface area contributed by atoms with Crippen LogP contribution in [0.25, 0.3) is 5.69 Å². The van der Waals surface area contributed by atoms with E-state index in [-0.39, 0.29) is 17.5 Å². The Morgan fingerprint density at radius 2 is 2.12 bits per heavy atom. The second-order valence-electron chi connectivity index (χ2n) is 5.09. The van der Waals surface area contributed by atoms with E-state index in [1.54, 1.807) is 30.3 Å². The molecule has 0 aliphatic rings. The summed E-state index contributed by atoms with van der Waals surface area (Å²) >= 11 is 7.31. The molecule has 6 nitrogen and oxygen atoms in total. The Kier molecular flexibility index (Phi) is 5.30. The third kappa shape index (κ3) is 4.15. The number of hydrogen-bond acceptors (Lipinski definition) is 5. The minimum Gasteiger partial charge on any atom is -0.326 e. The lowest BCUT2D eigenvalue weighted by Crippen LogP contribution is -2.07. The van der Waals surface area contributed by atoms with Gasteiger partial charge >= 0.3 is 0 Å². The molecular weight excluding hydrogens is 365 g/mol. The summed E-state index contributed by atoms with van der Waals surface area (Å²) in [6.45, 7) is 1.43. The predicted molar refractivity (Wildman–Crippen MR) is 94.4 cm³/mol. The smallest absolute Gasteiger partial charge is 0.221 e. The van der Waals surface area contributed by atoms with E-state index in [4.69, 9.17) is 11.6 Å². The number of carbonyl (C=O) groups excluding carboxylic acids is 1. The molecule has 3 aromatic rings. The molecule has 25 heavy (non-hydrogen) atoms. The van der Waals surface area contributed by atoms with E-state index in [1.165, 1.54) is 29.4 Å². The van der Waals surface area contributed by atoms with Crippen LogP contribution in [0.5, 0.6) is 0 Å². The van der Waals surface area contributed by atoms with Crippen molar-refractivity contribution in [3.8, 4) is 5.69 Å². The molecule has 0 saturated heterocycles. The molecule has 0 spiro atoms. The van der Waals surface area contributed by atoms with Gasteiger partial charge in [-0.1, -0.05) is 35.5 Å². The molecule has 1 aromatic heterocycles. The van der Waals surface area contributed by atoms with Gasteiger partial charge in [0, 0.05) is 29.0 Å². The Bertz CT molecular complexity index is 897. The molecule has 0 atom stereocenters. The molecule has 9 heteroatoms. The van der Waals surface area contributed by atoms with Crippen LogP contribution in [0.2, 0.25) is 5.02 Å². The molecule has 0 saturated carbocycles. The van der Waals surface area contributed by atoms with Crippen molar-refractivity contribution in [2.75, 3.05) is 5.32 Å². The highest BCUT2D eigenvalue weighted by Gasteiger charge is 2.13. The average Bonchev–Trinajstić information content (AvgIpc) is 3.02. The van der Waals surface area contributed by atoms with Crippen LogP contribution in [0.4, 0.5) is 10.1 Å². The zero-order chi connectivity index (χ0) is 17.8. The Hall–Kier alpha value is -2.45. The third-order valence-corrected chi connectivity index (χ3v) is 4.56. The highest BCUT2D eigenvalue weighted by Crippen LogP contribution is 2.28. The Balaban J connectivity index is 1.82. The summed E-state index contributed by atoms with van der Waals surface area (Å²) < 4.78 is 15.4. The van der Waals surface area contributed by atoms with Crippen molar-refractivity contribution in [1.29, 1.82) is 0 Å². The second kappa shape index (κ2) is 7.62. The molecule has 0 aliphatic heterocycles. The Morgan fingerprint density at radius 1 is 1.32 bits per heavy atom. The van der Waals surface area contributed by atoms with Crippen LogP contribution in [0.3, 0.4) is 0 Å². The zero-order valence-electron chi connectivity index (χ0n) is 13.1. The summed E-state index contributed by atoms with van der Waals surface area (Å²) in [6.07, 6.45) is 0. The lowest BCUT2D eigenvalue weighted by atomic mass is 10.2. The van der Waals surface area contributed by atoms with Crippen LogP contribution >= 0.6 is 23.4 Å². The van der Waals surface area contributed by atoms with E-state index in [2.05, 4.69) is 20.8 Å². The van der Waals surface area contributed by atoms with Crippen molar-refractivity contribution < 1.29 is 9.18 Å². The monoisotopic (exact) mass is 377 g/mol. The van der Waals surface area contributed by atoms with Gasteiger partial charge in [-0.25, -0.2) is 4.39 Å². The standard InChI is InChI=1S/C16H13ClFN5OS/c1-10(24)19-11-4-2-5-12(8-11)23-16(20-21-22-23)25-9-13-14(17)6-3-7-15(13)18/h2-8H,9H2,1H3,(H,19,24). The number of aromatic nitrogens is 4. The van der Waals surface area contributed by atoms with Crippen LogP contribution in [0.1, 0.15) is 12.5 Å². The number of anilines is 1. The van der Waals surface area contributed by atoms with Crippen molar-refractivity contribution in [3.63, 3.8) is 0 Å². The van der Waals surface area contributed by atoms with Gasteiger partial charge in [-0.05, 0) is 40.8 Å². The molecule has 2 aromatic carbocycles. The molecule has 0 fully saturated rings. The van der Waals surface area contributed by atoms with Crippen molar-refractivity contribution in [2.45, 2.75) is 17.8 Å². The summed E-state index contributed by atoms with van der Waals surface area (Å²) in [5, 5.41) is 15.2. The fourth-order valence-electron chi connectivity index (χ4n) is 2.16. The molecule has 0 radical (unpaired) electrons. The van der Waals surface area contributed by atoms with Crippen molar-refractivity contribution >= 4 is 35.0 Å². The van der Waals surface area contributed by atoms with E-state index in [0.29, 0.717) is 27.1 Å². The molecule has 1 heterocycles. The normalized spacial score (nSPS) is 10.7. The minimum atomic E-state index is -0.369. The Labute approximate surface area is 152 Å². The molecule has 1 N–H and O–H groups in total. The highest BCUT2D eigenvalue weighted by molar-refractivity contribution is 7.98. The van der Waals surface area contributed by atoms with E-state index >= 15 is 0 Å². The van der Waals surface area contributed by atoms with Crippen LogP contribution in [-0.4, -0.2) is 26.1 Å². The van der Waals surface area contributed by atoms with Crippen LogP contribution in [-0.2, 0) is 10.5 Å². The van der Waals surface area contributed by atoms with E-state index in [9.17, 15) is 9.18 Å². The molecule has 0 bridgehead atoms. The van der Waals surface area contributed by atoms with E-state index < -0.39 is 0 Å². The number of benzene rings is 2. The van der Waals surface area contributed by atoms with Crippen LogP contribution in [0.15, 0.2) is 47.6 Å². The SMILES string of the molecule is CC(=O)Nc1cccc(-n2nnnc2SCc2c(F)cccc2Cl)c1. The third-order valence-electron chi connectivity index (χ3n) is 3.26. The quantitative estimate of drug-likeness (QED) is 0.686. The van der Waals surface area contributed by atoms with Gasteiger partial charge in [-0.15, -0.1) is 5.10 Å². The van der Waals surface area contributed by atoms with Crippen LogP contribution < -0.4 is 5.32 Å². The number of nitrogens with zero attached hydrogens (tertiary/aromatic N) is 4. The van der Waals surface area contributed by atoms with Crippen molar-refractivity contribution in [2.24, 2.45) is 0 Å². The number of amides is 1. The first-order valence-electron chi connectivity index (χ1n) is 7.26. The predicted octanol–water partition coefficient (Wildman–Crippen LogP) is 3.71. The maximum absolute atomic E-state index is 13.9. The van der Waals surface area contributed by atoms with Crippen LogP contribution in [0, 0.1) is 5.82 Å². The maximum Gasteiger partial charge on any atom is 0.221 e. The van der Waals surface area contributed by atoms with Gasteiger partial charge in [0.25, 0.3) is 0 Å². The number of hydrogen-bond donors (Lipinski definition) is 1. The molecule has 1 amide bonds. The topological polar surface area (TPSA) is 72.7 Å². The number of tetrazole rings is 1. The summed E-state index contributed by atoms with van der Waals surface area (Å²) in [5.74, 6) is -0.249. The zero-order valence-corrected chi connectivity index (χ0v) is 14.7. The van der Waals surface area contributed by atoms with Gasteiger partial charge in [-0.3, -0.25) is 4.79 Å². The number of rotatable bonds is 5. The first-order valence-corrected chi connectivity index (χ1v) is 8.63. The Morgan fingerprint density at radius 3 is 2.88 bits per heavy atom. The van der Waals surface area contributed by atoms with E-state index in [1.807, 2.05) is 6.07 Å². The largest absolute Gasteiger partial charge is 0.326 e. The second-order valence-corrected chi connectivity index (χ2v) is 6.44. The van der Waals surface area contributed by atoms with Gasteiger partial charge in [0.2, 0.25) is 11.1 Å². The summed E-state index contributed by atoms with van der Waals surface area (Å²) in [4.78, 5) is 11.2. The first kappa shape index (κ1) is 17.4. The molecule has 0 unspecified atom stereocenters. The summed E-state index contributed by atoms with van der Waals surface area (Å²) in [6, 6.07) is 11.7. The number of thioether (sulfide) groups is 1. The molecule has 3 rings (SSSR count). The van der Waals surface area contributed by atoms with Gasteiger partial charge < -0.3 is 5.32 Å². The highest BCUT2D eigenvalue weighted by atomic mass is 35.5. The van der Waals surface area contributed by atoms with Gasteiger partial charge in [-0.2, -0.15) is 4.68 Å². The number of halogens is 2. The summed E-state index contributed by atoms with van der Waals surface area (Å²) in [7, 11) is 0. The van der Waals surface area contributed by atoms with Gasteiger partial charge in [0.05, 0.1) is 5.69 Å². The van der Waals surface area contributed by atoms with Gasteiger partial charge in [0.15, 0.2) is 0 Å². The minimum absolute atomic E-state index is 0.169. The first-order chi connectivity index (χ1) is 12.0. The van der Waals surface area contributed by atoms with E-state index in [0.717, 1.165) is 0 Å². The fourth-order valence-corrected chi connectivity index (χ4v) is 3.39. The molecular formula is C16H13ClFN5OS. The lowest BCUT2D eigenvalue weighted by Gasteiger charge is -2.08. The molecule has 128 valence electrons. The number of nitrogens with one attached hydrogen (secondary N) is 1. The number of carbonyl (C=O) groups is 1. The lowest BCUT2D eigenvalue weighted by molar-refractivity contribution is -0.114. The molecule has 0 aliphatic carbocycles. The summed E-state index contributed by atoms with van der Waals surface area (Å²) in [5.41, 5.74) is 1.71. The average molecular weight is 378 g/mol.